The molecule has 0 aromatic heterocycles. The second-order valence-electron chi connectivity index (χ2n) is 5.22. The van der Waals surface area contributed by atoms with Gasteiger partial charge >= 0.3 is 5.69 Å². The third kappa shape index (κ3) is 4.54. The van der Waals surface area contributed by atoms with E-state index < -0.39 is 11.0 Å². The number of hydrogen-bond donors (Lipinski definition) is 0. The predicted octanol–water partition coefficient (Wildman–Crippen LogP) is 3.31. The molecule has 2 rings (SSSR count). The van der Waals surface area contributed by atoms with Gasteiger partial charge in [0.1, 0.15) is 0 Å². The van der Waals surface area contributed by atoms with E-state index in [0.717, 1.165) is 0 Å². The van der Waals surface area contributed by atoms with E-state index in [2.05, 4.69) is 0 Å². The molecule has 0 heterocycles. The van der Waals surface area contributed by atoms with E-state index in [1.807, 2.05) is 12.1 Å². The molecule has 128 valence electrons. The first-order chi connectivity index (χ1) is 12.0. The van der Waals surface area contributed by atoms with Crippen LogP contribution >= 0.6 is 0 Å². The van der Waals surface area contributed by atoms with Crippen molar-refractivity contribution in [2.45, 2.75) is 19.4 Å². The predicted molar refractivity (Wildman–Crippen MR) is 92.2 cm³/mol. The van der Waals surface area contributed by atoms with Gasteiger partial charge in [-0.2, -0.15) is 5.26 Å². The molecule has 0 aliphatic carbocycles. The van der Waals surface area contributed by atoms with Crippen molar-refractivity contribution in [2.75, 3.05) is 11.4 Å². The molecule has 0 fully saturated rings. The molecule has 1 atom stereocenters. The highest BCUT2D eigenvalue weighted by atomic mass is 16.6. The van der Waals surface area contributed by atoms with Gasteiger partial charge in [0.2, 0.25) is 0 Å². The smallest absolute Gasteiger partial charge is 0.310 e. The Labute approximate surface area is 145 Å². The Morgan fingerprint density at radius 2 is 1.88 bits per heavy atom. The number of benzene rings is 2. The molecule has 7 heteroatoms. The van der Waals surface area contributed by atoms with Gasteiger partial charge in [0.25, 0.3) is 5.91 Å². The fourth-order valence-electron chi connectivity index (χ4n) is 2.30. The summed E-state index contributed by atoms with van der Waals surface area (Å²) in [6.45, 7) is 1.74. The molecule has 0 saturated carbocycles. The molecule has 0 bridgehead atoms. The number of rotatable bonds is 7. The van der Waals surface area contributed by atoms with Gasteiger partial charge in [0.15, 0.2) is 11.9 Å². The number of ether oxygens (including phenoxy) is 1. The molecule has 0 spiro atoms. The highest BCUT2D eigenvalue weighted by molar-refractivity contribution is 5.96. The third-order valence-corrected chi connectivity index (χ3v) is 3.49. The summed E-state index contributed by atoms with van der Waals surface area (Å²) in [7, 11) is 0. The van der Waals surface area contributed by atoms with Crippen LogP contribution in [0.4, 0.5) is 11.4 Å². The molecule has 25 heavy (non-hydrogen) atoms. The number of hydrogen-bond acceptors (Lipinski definition) is 5. The number of nitro benzene ring substituents is 1. The summed E-state index contributed by atoms with van der Waals surface area (Å²) in [6.07, 6.45) is -0.779. The lowest BCUT2D eigenvalue weighted by molar-refractivity contribution is -0.386. The van der Waals surface area contributed by atoms with Gasteiger partial charge in [-0.25, -0.2) is 0 Å². The average molecular weight is 339 g/mol. The minimum Gasteiger partial charge on any atom is -0.474 e. The standard InChI is InChI=1S/C18H17N3O4/c1-14(25-17-11-6-5-10-16(17)21(23)24)18(22)20(13-7-12-19)15-8-3-2-4-9-15/h2-6,8-11,14H,7,13H2,1H3/t14-/m0/s1. The van der Waals surface area contributed by atoms with Gasteiger partial charge in [-0.05, 0) is 25.1 Å². The number of anilines is 1. The molecule has 1 amide bonds. The van der Waals surface area contributed by atoms with Crippen LogP contribution in [0.1, 0.15) is 13.3 Å². The maximum Gasteiger partial charge on any atom is 0.310 e. The van der Waals surface area contributed by atoms with Crippen molar-refractivity contribution in [1.82, 2.24) is 0 Å². The number of nitriles is 1. The van der Waals surface area contributed by atoms with Crippen LogP contribution in [0.3, 0.4) is 0 Å². The highest BCUT2D eigenvalue weighted by Gasteiger charge is 2.25. The van der Waals surface area contributed by atoms with E-state index >= 15 is 0 Å². The average Bonchev–Trinajstić information content (AvgIpc) is 2.63. The van der Waals surface area contributed by atoms with E-state index in [-0.39, 0.29) is 30.3 Å². The first-order valence-corrected chi connectivity index (χ1v) is 7.68. The van der Waals surface area contributed by atoms with Crippen LogP contribution in [0.5, 0.6) is 5.75 Å². The van der Waals surface area contributed by atoms with Crippen LogP contribution in [-0.4, -0.2) is 23.5 Å². The van der Waals surface area contributed by atoms with E-state index in [0.29, 0.717) is 5.69 Å². The molecule has 0 saturated heterocycles. The second kappa shape index (κ2) is 8.45. The van der Waals surface area contributed by atoms with Crippen LogP contribution in [0.25, 0.3) is 0 Å². The van der Waals surface area contributed by atoms with Gasteiger partial charge in [-0.15, -0.1) is 0 Å². The van der Waals surface area contributed by atoms with Gasteiger partial charge < -0.3 is 9.64 Å². The molecule has 0 unspecified atom stereocenters. The van der Waals surface area contributed by atoms with Crippen molar-refractivity contribution in [3.8, 4) is 11.8 Å². The van der Waals surface area contributed by atoms with Crippen molar-refractivity contribution in [1.29, 1.82) is 5.26 Å². The quantitative estimate of drug-likeness (QED) is 0.569. The summed E-state index contributed by atoms with van der Waals surface area (Å²) in [5, 5.41) is 19.9. The van der Waals surface area contributed by atoms with Crippen molar-refractivity contribution in [2.24, 2.45) is 0 Å². The Balaban J connectivity index is 2.21. The first kappa shape index (κ1) is 17.9. The SMILES string of the molecule is C[C@H](Oc1ccccc1[N+](=O)[O-])C(=O)N(CCC#N)c1ccccc1. The number of para-hydroxylation sites is 3. The van der Waals surface area contributed by atoms with Crippen LogP contribution in [0.15, 0.2) is 54.6 Å². The van der Waals surface area contributed by atoms with Crippen LogP contribution in [0, 0.1) is 21.4 Å². The molecule has 0 N–H and O–H groups in total. The van der Waals surface area contributed by atoms with Crippen molar-refractivity contribution >= 4 is 17.3 Å². The van der Waals surface area contributed by atoms with Crippen molar-refractivity contribution in [3.05, 3.63) is 64.7 Å². The molecular formula is C18H17N3O4. The van der Waals surface area contributed by atoms with E-state index in [1.165, 1.54) is 30.0 Å². The maximum atomic E-state index is 12.8. The summed E-state index contributed by atoms with van der Waals surface area (Å²) in [5.74, 6) is -0.346. The van der Waals surface area contributed by atoms with E-state index in [9.17, 15) is 14.9 Å². The van der Waals surface area contributed by atoms with Crippen molar-refractivity contribution < 1.29 is 14.5 Å². The maximum absolute atomic E-state index is 12.8. The normalized spacial score (nSPS) is 11.2. The molecule has 2 aromatic rings. The summed E-state index contributed by atoms with van der Waals surface area (Å²) >= 11 is 0. The number of nitrogens with zero attached hydrogens (tertiary/aromatic N) is 3. The largest absolute Gasteiger partial charge is 0.474 e. The zero-order chi connectivity index (χ0) is 18.2. The van der Waals surface area contributed by atoms with Crippen LogP contribution in [0.2, 0.25) is 0 Å². The van der Waals surface area contributed by atoms with Gasteiger partial charge in [-0.1, -0.05) is 30.3 Å². The third-order valence-electron chi connectivity index (χ3n) is 3.49. The van der Waals surface area contributed by atoms with Crippen molar-refractivity contribution in [3.63, 3.8) is 0 Å². The number of carbonyl (C=O) groups excluding carboxylic acids is 1. The lowest BCUT2D eigenvalue weighted by atomic mass is 10.2. The second-order valence-corrected chi connectivity index (χ2v) is 5.22. The van der Waals surface area contributed by atoms with Gasteiger partial charge in [0.05, 0.1) is 17.4 Å². The number of nitro groups is 1. The summed E-state index contributed by atoms with van der Waals surface area (Å²) in [5.41, 5.74) is 0.436. The molecule has 0 radical (unpaired) electrons. The fourth-order valence-corrected chi connectivity index (χ4v) is 2.30. The minimum atomic E-state index is -0.944. The highest BCUT2D eigenvalue weighted by Crippen LogP contribution is 2.27. The molecule has 2 aromatic carbocycles. The molecule has 0 aliphatic rings. The molecule has 0 aliphatic heterocycles. The monoisotopic (exact) mass is 339 g/mol. The van der Waals surface area contributed by atoms with Crippen LogP contribution < -0.4 is 9.64 Å². The van der Waals surface area contributed by atoms with Gasteiger partial charge in [-0.3, -0.25) is 14.9 Å². The topological polar surface area (TPSA) is 96.5 Å². The summed E-state index contributed by atoms with van der Waals surface area (Å²) < 4.78 is 5.54. The minimum absolute atomic E-state index is 0.0293. The molecular weight excluding hydrogens is 322 g/mol. The number of amides is 1. The lowest BCUT2D eigenvalue weighted by Gasteiger charge is -2.25. The van der Waals surface area contributed by atoms with E-state index in [1.54, 1.807) is 30.3 Å². The van der Waals surface area contributed by atoms with E-state index in [4.69, 9.17) is 10.00 Å². The molecule has 7 nitrogen and oxygen atoms in total. The Morgan fingerprint density at radius 3 is 2.52 bits per heavy atom. The summed E-state index contributed by atoms with van der Waals surface area (Å²) in [6, 6.07) is 16.8. The Morgan fingerprint density at radius 1 is 1.24 bits per heavy atom. The van der Waals surface area contributed by atoms with Crippen LogP contribution in [-0.2, 0) is 4.79 Å². The number of carbonyl (C=O) groups is 1. The lowest BCUT2D eigenvalue weighted by Crippen LogP contribution is -2.41. The Bertz CT molecular complexity index is 786. The Kier molecular flexibility index (Phi) is 6.07. The fraction of sp³-hybridized carbons (Fsp3) is 0.222. The zero-order valence-electron chi connectivity index (χ0n) is 13.7. The summed E-state index contributed by atoms with van der Waals surface area (Å²) in [4.78, 5) is 24.7. The Hall–Kier alpha value is -3.40. The van der Waals surface area contributed by atoms with Gasteiger partial charge in [0, 0.05) is 18.3 Å². The zero-order valence-corrected chi connectivity index (χ0v) is 13.7. The first-order valence-electron chi connectivity index (χ1n) is 7.68.